The van der Waals surface area contributed by atoms with Crippen LogP contribution in [0, 0.1) is 5.41 Å². The van der Waals surface area contributed by atoms with E-state index in [0.29, 0.717) is 23.4 Å². The molecular formula is C16H25NO. The fraction of sp³-hybridized carbons (Fsp3) is 0.625. The first-order chi connectivity index (χ1) is 8.55. The van der Waals surface area contributed by atoms with Crippen LogP contribution < -0.4 is 5.32 Å². The van der Waals surface area contributed by atoms with Crippen molar-refractivity contribution in [2.75, 3.05) is 6.61 Å². The molecule has 1 fully saturated rings. The van der Waals surface area contributed by atoms with Gasteiger partial charge in [0.05, 0.1) is 0 Å². The summed E-state index contributed by atoms with van der Waals surface area (Å²) in [6.45, 7) is 7.11. The fourth-order valence-corrected chi connectivity index (χ4v) is 3.08. The molecule has 0 unspecified atom stereocenters. The lowest BCUT2D eigenvalue weighted by atomic mass is 9.56. The summed E-state index contributed by atoms with van der Waals surface area (Å²) < 4.78 is 0. The number of aliphatic hydroxyl groups is 1. The third kappa shape index (κ3) is 2.60. The summed E-state index contributed by atoms with van der Waals surface area (Å²) in [6.07, 6.45) is 2.04. The largest absolute Gasteiger partial charge is 0.396 e. The zero-order valence-electron chi connectivity index (χ0n) is 11.7. The molecule has 1 aliphatic carbocycles. The van der Waals surface area contributed by atoms with Crippen LogP contribution in [0.15, 0.2) is 30.3 Å². The molecular weight excluding hydrogens is 222 g/mol. The molecule has 18 heavy (non-hydrogen) atoms. The predicted octanol–water partition coefficient (Wildman–Crippen LogP) is 2.93. The van der Waals surface area contributed by atoms with E-state index in [2.05, 4.69) is 56.4 Å². The van der Waals surface area contributed by atoms with Gasteiger partial charge in [0.15, 0.2) is 0 Å². The van der Waals surface area contributed by atoms with Crippen molar-refractivity contribution in [1.29, 1.82) is 0 Å². The van der Waals surface area contributed by atoms with Crippen molar-refractivity contribution in [2.24, 2.45) is 5.41 Å². The number of rotatable bonds is 5. The molecule has 0 amide bonds. The van der Waals surface area contributed by atoms with Gasteiger partial charge in [-0.15, -0.1) is 0 Å². The van der Waals surface area contributed by atoms with E-state index in [1.54, 1.807) is 0 Å². The van der Waals surface area contributed by atoms with E-state index < -0.39 is 0 Å². The van der Waals surface area contributed by atoms with Crippen LogP contribution in [0.3, 0.4) is 0 Å². The van der Waals surface area contributed by atoms with Crippen molar-refractivity contribution >= 4 is 0 Å². The molecule has 1 aliphatic rings. The summed E-state index contributed by atoms with van der Waals surface area (Å²) in [7, 11) is 0. The molecule has 0 aliphatic heterocycles. The Morgan fingerprint density at radius 1 is 1.33 bits per heavy atom. The lowest BCUT2D eigenvalue weighted by Gasteiger charge is -2.54. The van der Waals surface area contributed by atoms with Gasteiger partial charge in [0.1, 0.15) is 0 Å². The van der Waals surface area contributed by atoms with Crippen LogP contribution in [-0.4, -0.2) is 23.8 Å². The van der Waals surface area contributed by atoms with Gasteiger partial charge in [0.2, 0.25) is 0 Å². The lowest BCUT2D eigenvalue weighted by Crippen LogP contribution is -2.57. The van der Waals surface area contributed by atoms with Crippen LogP contribution in [0.2, 0.25) is 0 Å². The van der Waals surface area contributed by atoms with Gasteiger partial charge < -0.3 is 10.4 Å². The van der Waals surface area contributed by atoms with E-state index >= 15 is 0 Å². The second-order valence-electron chi connectivity index (χ2n) is 6.15. The maximum atomic E-state index is 8.96. The molecule has 100 valence electrons. The Morgan fingerprint density at radius 3 is 2.56 bits per heavy atom. The average molecular weight is 247 g/mol. The molecule has 0 heterocycles. The Hall–Kier alpha value is -0.860. The average Bonchev–Trinajstić information content (AvgIpc) is 2.35. The summed E-state index contributed by atoms with van der Waals surface area (Å²) in [6, 6.07) is 11.8. The number of benzene rings is 1. The minimum Gasteiger partial charge on any atom is -0.396 e. The van der Waals surface area contributed by atoms with E-state index in [-0.39, 0.29) is 6.61 Å². The van der Waals surface area contributed by atoms with Gasteiger partial charge >= 0.3 is 0 Å². The molecule has 3 atom stereocenters. The van der Waals surface area contributed by atoms with Crippen LogP contribution in [0.5, 0.6) is 0 Å². The molecule has 2 nitrogen and oxygen atoms in total. The molecule has 0 spiro atoms. The Bertz CT molecular complexity index is 374. The Kier molecular flexibility index (Phi) is 4.08. The summed E-state index contributed by atoms with van der Waals surface area (Å²) in [5, 5.41) is 12.6. The second kappa shape index (κ2) is 5.41. The van der Waals surface area contributed by atoms with Gasteiger partial charge in [0.25, 0.3) is 0 Å². The van der Waals surface area contributed by atoms with Crippen LogP contribution in [0.4, 0.5) is 0 Å². The van der Waals surface area contributed by atoms with Crippen LogP contribution >= 0.6 is 0 Å². The molecule has 0 radical (unpaired) electrons. The Labute approximate surface area is 110 Å². The van der Waals surface area contributed by atoms with E-state index in [4.69, 9.17) is 5.11 Å². The molecule has 0 aromatic heterocycles. The van der Waals surface area contributed by atoms with Gasteiger partial charge in [-0.2, -0.15) is 0 Å². The third-order valence-electron chi connectivity index (χ3n) is 4.52. The highest BCUT2D eigenvalue weighted by Gasteiger charge is 2.48. The van der Waals surface area contributed by atoms with E-state index in [1.807, 2.05) is 0 Å². The summed E-state index contributed by atoms with van der Waals surface area (Å²) in [5.41, 5.74) is 1.75. The van der Waals surface area contributed by atoms with Crippen molar-refractivity contribution in [1.82, 2.24) is 5.32 Å². The van der Waals surface area contributed by atoms with Crippen molar-refractivity contribution in [2.45, 2.75) is 51.6 Å². The molecule has 0 bridgehead atoms. The number of hydrogen-bond donors (Lipinski definition) is 2. The highest BCUT2D eigenvalue weighted by Crippen LogP contribution is 2.52. The van der Waals surface area contributed by atoms with Crippen molar-refractivity contribution in [3.05, 3.63) is 35.9 Å². The van der Waals surface area contributed by atoms with Gasteiger partial charge in [-0.25, -0.2) is 0 Å². The maximum Gasteiger partial charge on any atom is 0.0445 e. The maximum absolute atomic E-state index is 8.96. The van der Waals surface area contributed by atoms with Crippen LogP contribution in [0.1, 0.15) is 45.1 Å². The van der Waals surface area contributed by atoms with Crippen LogP contribution in [-0.2, 0) is 0 Å². The minimum absolute atomic E-state index is 0.267. The summed E-state index contributed by atoms with van der Waals surface area (Å²) in [5.74, 6) is 0.650. The molecule has 1 saturated carbocycles. The molecule has 2 rings (SSSR count). The standard InChI is InChI=1S/C16H25NO/c1-12(9-10-18)17-15-11-14(16(15,2)3)13-7-5-4-6-8-13/h4-8,12,14-15,17-18H,9-11H2,1-3H3/t12-,14+,15-/m1/s1. The first-order valence-electron chi connectivity index (χ1n) is 6.97. The minimum atomic E-state index is 0.267. The molecule has 2 heteroatoms. The zero-order valence-corrected chi connectivity index (χ0v) is 11.7. The normalized spacial score (nSPS) is 27.6. The van der Waals surface area contributed by atoms with E-state index in [0.717, 1.165) is 6.42 Å². The highest BCUT2D eigenvalue weighted by molar-refractivity contribution is 5.27. The van der Waals surface area contributed by atoms with Gasteiger partial charge in [-0.1, -0.05) is 44.2 Å². The molecule has 1 aromatic rings. The quantitative estimate of drug-likeness (QED) is 0.838. The highest BCUT2D eigenvalue weighted by atomic mass is 16.3. The molecule has 0 saturated heterocycles. The predicted molar refractivity (Wildman–Crippen MR) is 75.7 cm³/mol. The van der Waals surface area contributed by atoms with E-state index in [9.17, 15) is 0 Å². The number of hydrogen-bond acceptors (Lipinski definition) is 2. The monoisotopic (exact) mass is 247 g/mol. The Morgan fingerprint density at radius 2 is 2.00 bits per heavy atom. The zero-order chi connectivity index (χ0) is 13.2. The number of nitrogens with one attached hydrogen (secondary N) is 1. The van der Waals surface area contributed by atoms with Crippen molar-refractivity contribution in [3.8, 4) is 0 Å². The van der Waals surface area contributed by atoms with Gasteiger partial charge in [-0.05, 0) is 36.7 Å². The second-order valence-corrected chi connectivity index (χ2v) is 6.15. The van der Waals surface area contributed by atoms with Gasteiger partial charge in [0, 0.05) is 18.7 Å². The van der Waals surface area contributed by atoms with Crippen LogP contribution in [0.25, 0.3) is 0 Å². The van der Waals surface area contributed by atoms with E-state index in [1.165, 1.54) is 12.0 Å². The smallest absolute Gasteiger partial charge is 0.0445 e. The lowest BCUT2D eigenvalue weighted by molar-refractivity contribution is 0.0587. The molecule has 1 aromatic carbocycles. The number of aliphatic hydroxyl groups excluding tert-OH is 1. The Balaban J connectivity index is 1.97. The summed E-state index contributed by atoms with van der Waals surface area (Å²) >= 11 is 0. The molecule has 2 N–H and O–H groups in total. The first kappa shape index (κ1) is 13.6. The first-order valence-corrected chi connectivity index (χ1v) is 6.97. The SMILES string of the molecule is C[C@H](CCO)N[C@@H]1C[C@@H](c2ccccc2)C1(C)C. The van der Waals surface area contributed by atoms with Gasteiger partial charge in [-0.3, -0.25) is 0 Å². The summed E-state index contributed by atoms with van der Waals surface area (Å²) in [4.78, 5) is 0. The fourth-order valence-electron chi connectivity index (χ4n) is 3.08. The third-order valence-corrected chi connectivity index (χ3v) is 4.52. The van der Waals surface area contributed by atoms with Crippen molar-refractivity contribution < 1.29 is 5.11 Å². The van der Waals surface area contributed by atoms with Crippen molar-refractivity contribution in [3.63, 3.8) is 0 Å². The topological polar surface area (TPSA) is 32.3 Å².